The molecule has 18 heavy (non-hydrogen) atoms. The summed E-state index contributed by atoms with van der Waals surface area (Å²) in [7, 11) is 0. The van der Waals surface area contributed by atoms with Crippen LogP contribution in [0, 0.1) is 0 Å². The van der Waals surface area contributed by atoms with Gasteiger partial charge in [-0.1, -0.05) is 12.8 Å². The Balaban J connectivity index is 2.27. The lowest BCUT2D eigenvalue weighted by Crippen LogP contribution is -2.08. The maximum absolute atomic E-state index is 12.3. The fourth-order valence-corrected chi connectivity index (χ4v) is 1.51. The molecule has 3 nitrogen and oxygen atoms in total. The monoisotopic (exact) mass is 261 g/mol. The lowest BCUT2D eigenvalue weighted by atomic mass is 10.2. The second-order valence-electron chi connectivity index (χ2n) is 4.06. The van der Waals surface area contributed by atoms with Gasteiger partial charge in [0.05, 0.1) is 5.56 Å². The Morgan fingerprint density at radius 2 is 1.83 bits per heavy atom. The first kappa shape index (κ1) is 14.8. The molecule has 0 aliphatic carbocycles. The van der Waals surface area contributed by atoms with Gasteiger partial charge in [-0.05, 0) is 31.5 Å². The molecule has 0 fully saturated rings. The first-order valence-electron chi connectivity index (χ1n) is 6.01. The lowest BCUT2D eigenvalue weighted by molar-refractivity contribution is -0.137. The first-order chi connectivity index (χ1) is 8.54. The highest BCUT2D eigenvalue weighted by molar-refractivity contribution is 5.35. The van der Waals surface area contributed by atoms with Crippen molar-refractivity contribution in [3.63, 3.8) is 0 Å². The predicted molar refractivity (Wildman–Crippen MR) is 65.3 cm³/mol. The van der Waals surface area contributed by atoms with Crippen LogP contribution in [0.1, 0.15) is 31.2 Å². The number of unbranched alkanes of at least 4 members (excludes halogenated alkanes) is 3. The number of nitrogens with two attached hydrogens (primary N) is 1. The van der Waals surface area contributed by atoms with Crippen LogP contribution in [0.15, 0.2) is 18.3 Å². The van der Waals surface area contributed by atoms with Crippen molar-refractivity contribution in [3.05, 3.63) is 23.9 Å². The molecule has 0 saturated carbocycles. The van der Waals surface area contributed by atoms with E-state index in [4.69, 9.17) is 5.73 Å². The summed E-state index contributed by atoms with van der Waals surface area (Å²) in [6.07, 6.45) is 0.634. The zero-order chi connectivity index (χ0) is 13.4. The molecule has 1 heterocycles. The molecule has 0 atom stereocenters. The summed E-state index contributed by atoms with van der Waals surface area (Å²) >= 11 is 0. The van der Waals surface area contributed by atoms with Crippen molar-refractivity contribution in [2.75, 3.05) is 18.4 Å². The summed E-state index contributed by atoms with van der Waals surface area (Å²) in [5.74, 6) is 0.474. The Hall–Kier alpha value is -1.30. The number of hydrogen-bond acceptors (Lipinski definition) is 3. The molecule has 3 N–H and O–H groups in total. The molecule has 1 aromatic heterocycles. The maximum Gasteiger partial charge on any atom is 0.417 e. The number of hydrogen-bond donors (Lipinski definition) is 2. The predicted octanol–water partition coefficient (Wildman–Crippen LogP) is 3.03. The summed E-state index contributed by atoms with van der Waals surface area (Å²) in [5, 5.41) is 2.99. The standard InChI is InChI=1S/C12H18F3N3/c13-12(14,15)10-5-6-11(18-9-10)17-8-4-2-1-3-7-16/h5-6,9H,1-4,7-8,16H2,(H,17,18). The van der Waals surface area contributed by atoms with Crippen molar-refractivity contribution in [2.24, 2.45) is 5.73 Å². The molecule has 0 aromatic carbocycles. The molecule has 1 rings (SSSR count). The number of aromatic nitrogens is 1. The molecule has 0 aliphatic rings. The van der Waals surface area contributed by atoms with E-state index in [1.54, 1.807) is 0 Å². The van der Waals surface area contributed by atoms with Gasteiger partial charge in [-0.3, -0.25) is 0 Å². The van der Waals surface area contributed by atoms with E-state index >= 15 is 0 Å². The van der Waals surface area contributed by atoms with Gasteiger partial charge in [-0.25, -0.2) is 4.98 Å². The number of pyridine rings is 1. The SMILES string of the molecule is NCCCCCCNc1ccc(C(F)(F)F)cn1. The van der Waals surface area contributed by atoms with E-state index in [2.05, 4.69) is 10.3 Å². The van der Waals surface area contributed by atoms with Gasteiger partial charge >= 0.3 is 6.18 Å². The first-order valence-corrected chi connectivity index (χ1v) is 6.01. The van der Waals surface area contributed by atoms with Crippen molar-refractivity contribution >= 4 is 5.82 Å². The Morgan fingerprint density at radius 3 is 2.39 bits per heavy atom. The minimum absolute atomic E-state index is 0.474. The topological polar surface area (TPSA) is 50.9 Å². The van der Waals surface area contributed by atoms with Crippen molar-refractivity contribution in [3.8, 4) is 0 Å². The van der Waals surface area contributed by atoms with E-state index in [1.807, 2.05) is 0 Å². The summed E-state index contributed by atoms with van der Waals surface area (Å²) < 4.78 is 36.8. The minimum Gasteiger partial charge on any atom is -0.370 e. The second-order valence-corrected chi connectivity index (χ2v) is 4.06. The molecule has 6 heteroatoms. The zero-order valence-corrected chi connectivity index (χ0v) is 10.1. The van der Waals surface area contributed by atoms with Crippen LogP contribution in [0.3, 0.4) is 0 Å². The van der Waals surface area contributed by atoms with E-state index in [0.29, 0.717) is 18.9 Å². The van der Waals surface area contributed by atoms with Gasteiger partial charge in [0.2, 0.25) is 0 Å². The zero-order valence-electron chi connectivity index (χ0n) is 10.1. The molecule has 0 amide bonds. The van der Waals surface area contributed by atoms with Crippen LogP contribution >= 0.6 is 0 Å². The van der Waals surface area contributed by atoms with Crippen LogP contribution in [0.25, 0.3) is 0 Å². The highest BCUT2D eigenvalue weighted by atomic mass is 19.4. The van der Waals surface area contributed by atoms with Gasteiger partial charge in [0, 0.05) is 12.7 Å². The largest absolute Gasteiger partial charge is 0.417 e. The number of rotatable bonds is 7. The van der Waals surface area contributed by atoms with Crippen LogP contribution < -0.4 is 11.1 Å². The molecule has 0 radical (unpaired) electrons. The third-order valence-electron chi connectivity index (χ3n) is 2.53. The Kier molecular flexibility index (Phi) is 5.91. The summed E-state index contributed by atoms with van der Waals surface area (Å²) in [6.45, 7) is 1.41. The average Bonchev–Trinajstić information content (AvgIpc) is 2.33. The quantitative estimate of drug-likeness (QED) is 0.742. The van der Waals surface area contributed by atoms with Crippen LogP contribution in [-0.2, 0) is 6.18 Å². The number of anilines is 1. The molecule has 0 saturated heterocycles. The molecule has 0 aliphatic heterocycles. The van der Waals surface area contributed by atoms with Crippen molar-refractivity contribution in [2.45, 2.75) is 31.9 Å². The number of alkyl halides is 3. The Bertz CT molecular complexity index is 335. The fraction of sp³-hybridized carbons (Fsp3) is 0.583. The molecule has 1 aromatic rings. The van der Waals surface area contributed by atoms with Gasteiger partial charge in [-0.15, -0.1) is 0 Å². The van der Waals surface area contributed by atoms with Crippen molar-refractivity contribution in [1.29, 1.82) is 0 Å². The van der Waals surface area contributed by atoms with E-state index < -0.39 is 11.7 Å². The minimum atomic E-state index is -4.33. The van der Waals surface area contributed by atoms with E-state index in [0.717, 1.165) is 37.9 Å². The molecular formula is C12H18F3N3. The average molecular weight is 261 g/mol. The number of halogens is 3. The normalized spacial score (nSPS) is 11.6. The summed E-state index contributed by atoms with van der Waals surface area (Å²) in [6, 6.07) is 2.38. The third-order valence-corrected chi connectivity index (χ3v) is 2.53. The number of nitrogens with one attached hydrogen (secondary N) is 1. The van der Waals surface area contributed by atoms with Crippen LogP contribution in [0.4, 0.5) is 19.0 Å². The van der Waals surface area contributed by atoms with Gasteiger partial charge in [0.25, 0.3) is 0 Å². The maximum atomic E-state index is 12.3. The molecule has 102 valence electrons. The summed E-state index contributed by atoms with van der Waals surface area (Å²) in [5.41, 5.74) is 4.64. The van der Waals surface area contributed by atoms with Gasteiger partial charge in [0.15, 0.2) is 0 Å². The lowest BCUT2D eigenvalue weighted by Gasteiger charge is -2.08. The second kappa shape index (κ2) is 7.20. The number of nitrogens with zero attached hydrogens (tertiary/aromatic N) is 1. The van der Waals surface area contributed by atoms with E-state index in [-0.39, 0.29) is 0 Å². The fourth-order valence-electron chi connectivity index (χ4n) is 1.51. The highest BCUT2D eigenvalue weighted by Gasteiger charge is 2.30. The van der Waals surface area contributed by atoms with Gasteiger partial charge in [0.1, 0.15) is 5.82 Å². The smallest absolute Gasteiger partial charge is 0.370 e. The highest BCUT2D eigenvalue weighted by Crippen LogP contribution is 2.28. The van der Waals surface area contributed by atoms with Crippen molar-refractivity contribution < 1.29 is 13.2 Å². The Labute approximate surface area is 105 Å². The summed E-state index contributed by atoms with van der Waals surface area (Å²) in [4.78, 5) is 3.73. The van der Waals surface area contributed by atoms with Crippen LogP contribution in [-0.4, -0.2) is 18.1 Å². The van der Waals surface area contributed by atoms with Gasteiger partial charge in [-0.2, -0.15) is 13.2 Å². The molecular weight excluding hydrogens is 243 g/mol. The third kappa shape index (κ3) is 5.35. The molecule has 0 unspecified atom stereocenters. The molecule has 0 bridgehead atoms. The van der Waals surface area contributed by atoms with E-state index in [9.17, 15) is 13.2 Å². The van der Waals surface area contributed by atoms with Gasteiger partial charge < -0.3 is 11.1 Å². The van der Waals surface area contributed by atoms with Crippen LogP contribution in [0.2, 0.25) is 0 Å². The Morgan fingerprint density at radius 1 is 1.11 bits per heavy atom. The van der Waals surface area contributed by atoms with Crippen LogP contribution in [0.5, 0.6) is 0 Å². The molecule has 0 spiro atoms. The van der Waals surface area contributed by atoms with E-state index in [1.165, 1.54) is 6.07 Å². The van der Waals surface area contributed by atoms with Crippen molar-refractivity contribution in [1.82, 2.24) is 4.98 Å².